The molecular weight excluding hydrogens is 349 g/mol. The molecule has 0 bridgehead atoms. The van der Waals surface area contributed by atoms with Crippen LogP contribution in [0.3, 0.4) is 0 Å². The lowest BCUT2D eigenvalue weighted by atomic mass is 10.1. The van der Waals surface area contributed by atoms with Crippen molar-refractivity contribution in [3.05, 3.63) is 41.8 Å². The van der Waals surface area contributed by atoms with E-state index in [1.54, 1.807) is 0 Å². The number of halogens is 1. The third-order valence-electron chi connectivity index (χ3n) is 4.08. The molecule has 0 radical (unpaired) electrons. The van der Waals surface area contributed by atoms with Crippen LogP contribution in [-0.2, 0) is 23.1 Å². The first-order valence-electron chi connectivity index (χ1n) is 7.98. The van der Waals surface area contributed by atoms with Crippen LogP contribution in [0.15, 0.2) is 33.7 Å². The minimum absolute atomic E-state index is 0.0671. The number of rotatable bonds is 6. The average Bonchev–Trinajstić information content (AvgIpc) is 3.04. The van der Waals surface area contributed by atoms with Crippen molar-refractivity contribution >= 4 is 10.0 Å². The summed E-state index contributed by atoms with van der Waals surface area (Å²) < 4.78 is 45.2. The number of nitrogens with zero attached hydrogens (tertiary/aromatic N) is 3. The number of nitrogens with two attached hydrogens (primary N) is 1. The summed E-state index contributed by atoms with van der Waals surface area (Å²) in [5.74, 6) is 0.509. The Hall–Kier alpha value is -1.88. The Morgan fingerprint density at radius 1 is 1.28 bits per heavy atom. The fourth-order valence-electron chi connectivity index (χ4n) is 2.75. The number of aromatic nitrogens is 2. The largest absolute Gasteiger partial charge is 0.338 e. The molecule has 1 fully saturated rings. The zero-order chi connectivity index (χ0) is 17.9. The summed E-state index contributed by atoms with van der Waals surface area (Å²) in [6, 6.07) is 4.64. The fourth-order valence-corrected chi connectivity index (χ4v) is 4.05. The van der Waals surface area contributed by atoms with Crippen LogP contribution < -0.4 is 10.5 Å². The van der Waals surface area contributed by atoms with Gasteiger partial charge in [-0.3, -0.25) is 4.90 Å². The van der Waals surface area contributed by atoms with E-state index in [1.807, 2.05) is 0 Å². The quantitative estimate of drug-likeness (QED) is 0.767. The Balaban J connectivity index is 1.52. The molecule has 25 heavy (non-hydrogen) atoms. The van der Waals surface area contributed by atoms with Gasteiger partial charge in [-0.1, -0.05) is 5.16 Å². The van der Waals surface area contributed by atoms with E-state index < -0.39 is 15.8 Å². The van der Waals surface area contributed by atoms with Gasteiger partial charge in [-0.05, 0) is 37.1 Å². The topological polar surface area (TPSA) is 114 Å². The molecule has 10 heteroatoms. The summed E-state index contributed by atoms with van der Waals surface area (Å²) in [6.07, 6.45) is 1.34. The first kappa shape index (κ1) is 17.9. The SMILES string of the molecule is NCc1nc(CN2CCC(NS(=O)(=O)c3ccc(F)cc3)CC2)no1. The van der Waals surface area contributed by atoms with Gasteiger partial charge >= 0.3 is 0 Å². The highest BCUT2D eigenvalue weighted by Gasteiger charge is 2.25. The Morgan fingerprint density at radius 2 is 1.96 bits per heavy atom. The standard InChI is InChI=1S/C15H20FN5O3S/c16-11-1-3-13(4-2-11)25(22,23)20-12-5-7-21(8-6-12)10-14-18-15(9-17)24-19-14/h1-4,12,20H,5-10,17H2. The predicted molar refractivity (Wildman–Crippen MR) is 87.2 cm³/mol. The van der Waals surface area contributed by atoms with Crippen LogP contribution in [0.25, 0.3) is 0 Å². The highest BCUT2D eigenvalue weighted by atomic mass is 32.2. The minimum atomic E-state index is -3.64. The molecule has 1 aliphatic heterocycles. The number of nitrogens with one attached hydrogen (secondary N) is 1. The van der Waals surface area contributed by atoms with Gasteiger partial charge in [0.05, 0.1) is 18.0 Å². The second kappa shape index (κ2) is 7.56. The molecule has 136 valence electrons. The maximum Gasteiger partial charge on any atom is 0.240 e. The van der Waals surface area contributed by atoms with Crippen molar-refractivity contribution < 1.29 is 17.3 Å². The Labute approximate surface area is 145 Å². The van der Waals surface area contributed by atoms with Gasteiger partial charge in [-0.2, -0.15) is 4.98 Å². The van der Waals surface area contributed by atoms with Crippen molar-refractivity contribution in [2.24, 2.45) is 5.73 Å². The maximum atomic E-state index is 12.9. The van der Waals surface area contributed by atoms with Gasteiger partial charge in [0.15, 0.2) is 5.82 Å². The third kappa shape index (κ3) is 4.60. The number of likely N-dealkylation sites (tertiary alicyclic amines) is 1. The average molecular weight is 369 g/mol. The van der Waals surface area contributed by atoms with Crippen LogP contribution in [0.4, 0.5) is 4.39 Å². The van der Waals surface area contributed by atoms with E-state index in [9.17, 15) is 12.8 Å². The summed E-state index contributed by atoms with van der Waals surface area (Å²) in [5, 5.41) is 3.86. The number of sulfonamides is 1. The number of hydrogen-bond donors (Lipinski definition) is 2. The highest BCUT2D eigenvalue weighted by Crippen LogP contribution is 2.16. The smallest absolute Gasteiger partial charge is 0.240 e. The number of hydrogen-bond acceptors (Lipinski definition) is 7. The van der Waals surface area contributed by atoms with E-state index in [0.29, 0.717) is 44.2 Å². The second-order valence-corrected chi connectivity index (χ2v) is 7.65. The van der Waals surface area contributed by atoms with Crippen molar-refractivity contribution in [3.8, 4) is 0 Å². The van der Waals surface area contributed by atoms with Gasteiger partial charge in [-0.25, -0.2) is 17.5 Å². The maximum absolute atomic E-state index is 12.9. The zero-order valence-electron chi connectivity index (χ0n) is 13.6. The lowest BCUT2D eigenvalue weighted by Crippen LogP contribution is -2.44. The molecular formula is C15H20FN5O3S. The van der Waals surface area contributed by atoms with E-state index in [-0.39, 0.29) is 17.5 Å². The van der Waals surface area contributed by atoms with Crippen molar-refractivity contribution in [2.45, 2.75) is 36.9 Å². The second-order valence-electron chi connectivity index (χ2n) is 5.93. The van der Waals surface area contributed by atoms with Crippen LogP contribution in [0.2, 0.25) is 0 Å². The normalized spacial score (nSPS) is 17.0. The van der Waals surface area contributed by atoms with Crippen LogP contribution in [0, 0.1) is 5.82 Å². The van der Waals surface area contributed by atoms with Crippen LogP contribution in [-0.4, -0.2) is 42.6 Å². The molecule has 1 saturated heterocycles. The Morgan fingerprint density at radius 3 is 2.56 bits per heavy atom. The molecule has 1 aromatic heterocycles. The molecule has 1 aromatic carbocycles. The molecule has 2 heterocycles. The summed E-state index contributed by atoms with van der Waals surface area (Å²) in [6.45, 7) is 2.17. The van der Waals surface area contributed by atoms with Crippen molar-refractivity contribution in [3.63, 3.8) is 0 Å². The molecule has 3 rings (SSSR count). The summed E-state index contributed by atoms with van der Waals surface area (Å²) >= 11 is 0. The van der Waals surface area contributed by atoms with Crippen LogP contribution in [0.1, 0.15) is 24.6 Å². The zero-order valence-corrected chi connectivity index (χ0v) is 14.4. The van der Waals surface area contributed by atoms with E-state index in [2.05, 4.69) is 19.8 Å². The first-order valence-corrected chi connectivity index (χ1v) is 9.46. The minimum Gasteiger partial charge on any atom is -0.338 e. The number of benzene rings is 1. The van der Waals surface area contributed by atoms with Crippen LogP contribution >= 0.6 is 0 Å². The van der Waals surface area contributed by atoms with Crippen molar-refractivity contribution in [1.82, 2.24) is 19.8 Å². The molecule has 1 aliphatic rings. The van der Waals surface area contributed by atoms with Crippen LogP contribution in [0.5, 0.6) is 0 Å². The summed E-state index contributed by atoms with van der Waals surface area (Å²) in [7, 11) is -3.64. The first-order chi connectivity index (χ1) is 12.0. The van der Waals surface area contributed by atoms with Gasteiger partial charge in [0.1, 0.15) is 5.82 Å². The third-order valence-corrected chi connectivity index (χ3v) is 5.62. The van der Waals surface area contributed by atoms with E-state index >= 15 is 0 Å². The summed E-state index contributed by atoms with van der Waals surface area (Å²) in [4.78, 5) is 6.36. The van der Waals surface area contributed by atoms with E-state index in [0.717, 1.165) is 12.1 Å². The van der Waals surface area contributed by atoms with Gasteiger partial charge in [0.2, 0.25) is 15.9 Å². The van der Waals surface area contributed by atoms with E-state index in [1.165, 1.54) is 12.1 Å². The molecule has 8 nitrogen and oxygen atoms in total. The predicted octanol–water partition coefficient (Wildman–Crippen LogP) is 0.610. The van der Waals surface area contributed by atoms with E-state index in [4.69, 9.17) is 10.3 Å². The van der Waals surface area contributed by atoms with Crippen molar-refractivity contribution in [2.75, 3.05) is 13.1 Å². The molecule has 0 atom stereocenters. The monoisotopic (exact) mass is 369 g/mol. The van der Waals surface area contributed by atoms with Gasteiger partial charge in [-0.15, -0.1) is 0 Å². The molecule has 0 saturated carbocycles. The molecule has 0 aliphatic carbocycles. The lowest BCUT2D eigenvalue weighted by molar-refractivity contribution is 0.193. The van der Waals surface area contributed by atoms with Gasteiger partial charge in [0, 0.05) is 19.1 Å². The van der Waals surface area contributed by atoms with Crippen molar-refractivity contribution in [1.29, 1.82) is 0 Å². The summed E-state index contributed by atoms with van der Waals surface area (Å²) in [5.41, 5.74) is 5.43. The molecule has 0 amide bonds. The highest BCUT2D eigenvalue weighted by molar-refractivity contribution is 7.89. The molecule has 0 unspecified atom stereocenters. The Kier molecular flexibility index (Phi) is 5.42. The van der Waals surface area contributed by atoms with Gasteiger partial charge < -0.3 is 10.3 Å². The Bertz CT molecular complexity index is 801. The fraction of sp³-hybridized carbons (Fsp3) is 0.467. The van der Waals surface area contributed by atoms with Gasteiger partial charge in [0.25, 0.3) is 0 Å². The molecule has 2 aromatic rings. The number of piperidine rings is 1. The molecule has 0 spiro atoms. The molecule has 3 N–H and O–H groups in total. The lowest BCUT2D eigenvalue weighted by Gasteiger charge is -2.31.